The van der Waals surface area contributed by atoms with Crippen LogP contribution in [-0.2, 0) is 0 Å². The Morgan fingerprint density at radius 1 is 1.09 bits per heavy atom. The third-order valence-corrected chi connectivity index (χ3v) is 3.48. The molecule has 1 unspecified atom stereocenters. The van der Waals surface area contributed by atoms with Crippen LogP contribution in [0.1, 0.15) is 5.56 Å². The Balaban J connectivity index is 2.05. The molecule has 22 heavy (non-hydrogen) atoms. The number of benzene rings is 1. The zero-order valence-corrected chi connectivity index (χ0v) is 11.7. The highest BCUT2D eigenvalue weighted by molar-refractivity contribution is 5.69. The first-order valence-corrected chi connectivity index (χ1v) is 6.54. The van der Waals surface area contributed by atoms with Crippen molar-refractivity contribution >= 4 is 5.76 Å². The molecule has 0 bridgehead atoms. The Hall–Kier alpha value is -3.02. The van der Waals surface area contributed by atoms with Crippen LogP contribution in [-0.4, -0.2) is 38.4 Å². The summed E-state index contributed by atoms with van der Waals surface area (Å²) in [7, 11) is 1.42. The van der Waals surface area contributed by atoms with E-state index in [0.29, 0.717) is 11.1 Å². The van der Waals surface area contributed by atoms with Crippen molar-refractivity contribution in [2.75, 3.05) is 7.11 Å². The molecule has 1 aromatic rings. The van der Waals surface area contributed by atoms with Gasteiger partial charge in [0.1, 0.15) is 11.5 Å². The second-order valence-electron chi connectivity index (χ2n) is 4.92. The summed E-state index contributed by atoms with van der Waals surface area (Å²) >= 11 is 0. The summed E-state index contributed by atoms with van der Waals surface area (Å²) in [5.74, 6) is 0.177. The van der Waals surface area contributed by atoms with E-state index in [-0.39, 0.29) is 34.5 Å². The van der Waals surface area contributed by atoms with Crippen LogP contribution in [0.25, 0.3) is 5.76 Å². The second kappa shape index (κ2) is 5.07. The Bertz CT molecular complexity index is 754. The molecule has 0 saturated carbocycles. The summed E-state index contributed by atoms with van der Waals surface area (Å²) < 4.78 is 9.39. The number of phenolic OH excluding ortho intramolecular Hbond substituents is 1. The van der Waals surface area contributed by atoms with Gasteiger partial charge in [-0.05, 0) is 12.1 Å². The number of hydrogen-bond donors (Lipinski definition) is 4. The first-order valence-electron chi connectivity index (χ1n) is 6.54. The lowest BCUT2D eigenvalue weighted by atomic mass is 9.97. The molecule has 0 spiro atoms. The smallest absolute Gasteiger partial charge is 0.305 e. The molecule has 1 atom stereocenters. The number of methoxy groups -OCH3 is 1. The van der Waals surface area contributed by atoms with E-state index in [1.807, 2.05) is 0 Å². The molecule has 0 aromatic heterocycles. The van der Waals surface area contributed by atoms with Crippen molar-refractivity contribution in [1.29, 1.82) is 0 Å². The Morgan fingerprint density at radius 2 is 1.86 bits per heavy atom. The maximum absolute atomic E-state index is 10.2. The number of phenols is 1. The van der Waals surface area contributed by atoms with E-state index in [4.69, 9.17) is 4.74 Å². The molecular weight excluding hydrogens is 288 g/mol. The minimum atomic E-state index is -0.587. The predicted molar refractivity (Wildman–Crippen MR) is 79.7 cm³/mol. The van der Waals surface area contributed by atoms with Crippen molar-refractivity contribution in [2.45, 2.75) is 6.10 Å². The van der Waals surface area contributed by atoms with Crippen LogP contribution in [0, 0.1) is 0 Å². The summed E-state index contributed by atoms with van der Waals surface area (Å²) in [5, 5.41) is 39.2. The second-order valence-corrected chi connectivity index (χ2v) is 4.92. The quantitative estimate of drug-likeness (QED) is 0.628. The number of rotatable bonds is 2. The number of ether oxygens (including phenoxy) is 2. The predicted octanol–water partition coefficient (Wildman–Crippen LogP) is 2.36. The van der Waals surface area contributed by atoms with Gasteiger partial charge in [0.05, 0.1) is 24.3 Å². The van der Waals surface area contributed by atoms with Crippen LogP contribution in [0.3, 0.4) is 0 Å². The van der Waals surface area contributed by atoms with E-state index in [1.165, 1.54) is 31.4 Å². The third-order valence-electron chi connectivity index (χ3n) is 3.48. The van der Waals surface area contributed by atoms with Gasteiger partial charge in [-0.2, -0.15) is 0 Å². The topological polar surface area (TPSA) is 103 Å². The Morgan fingerprint density at radius 3 is 2.59 bits per heavy atom. The highest BCUT2D eigenvalue weighted by atomic mass is 16.5. The Labute approximate surface area is 126 Å². The van der Waals surface area contributed by atoms with Crippen molar-refractivity contribution in [3.63, 3.8) is 0 Å². The van der Waals surface area contributed by atoms with Gasteiger partial charge < -0.3 is 29.9 Å². The van der Waals surface area contributed by atoms with E-state index in [9.17, 15) is 20.4 Å². The third kappa shape index (κ3) is 2.24. The summed E-state index contributed by atoms with van der Waals surface area (Å²) in [5.41, 5.74) is 0.953. The first kappa shape index (κ1) is 13.9. The highest BCUT2D eigenvalue weighted by Gasteiger charge is 2.34. The van der Waals surface area contributed by atoms with Crippen LogP contribution in [0.15, 0.2) is 59.3 Å². The van der Waals surface area contributed by atoms with Crippen molar-refractivity contribution in [2.24, 2.45) is 0 Å². The van der Waals surface area contributed by atoms with Crippen molar-refractivity contribution in [1.82, 2.24) is 0 Å². The fourth-order valence-electron chi connectivity index (χ4n) is 2.41. The fourth-order valence-corrected chi connectivity index (χ4v) is 2.41. The lowest BCUT2D eigenvalue weighted by molar-refractivity contribution is 0.0461. The molecule has 0 saturated heterocycles. The van der Waals surface area contributed by atoms with Gasteiger partial charge in [-0.15, -0.1) is 0 Å². The summed E-state index contributed by atoms with van der Waals surface area (Å²) in [6, 6.07) is 4.58. The van der Waals surface area contributed by atoms with Crippen LogP contribution in [0.5, 0.6) is 11.5 Å². The molecule has 1 aliphatic carbocycles. The number of aliphatic hydroxyl groups is 5. The van der Waals surface area contributed by atoms with Crippen LogP contribution in [0.2, 0.25) is 0 Å². The van der Waals surface area contributed by atoms with Gasteiger partial charge in [-0.1, -0.05) is 0 Å². The summed E-state index contributed by atoms with van der Waals surface area (Å²) in [4.78, 5) is 0. The van der Waals surface area contributed by atoms with Gasteiger partial charge >= 0.3 is 5.76 Å². The van der Waals surface area contributed by atoms with Crippen molar-refractivity contribution in [3.8, 4) is 11.5 Å². The molecule has 0 radical (unpaired) electrons. The van der Waals surface area contributed by atoms with Crippen LogP contribution < -0.4 is 4.74 Å². The molecule has 114 valence electrons. The number of aromatic hydroxyl groups is 1. The van der Waals surface area contributed by atoms with Gasteiger partial charge in [0.15, 0.2) is 11.5 Å². The maximum Gasteiger partial charge on any atom is 0.305 e. The normalized spacial score (nSPS) is 20.4. The monoisotopic (exact) mass is 303 g/mol. The molecule has 0 fully saturated rings. The first-order chi connectivity index (χ1) is 10.5. The minimum absolute atomic E-state index is 0.0193. The molecule has 1 aromatic carbocycles. The summed E-state index contributed by atoms with van der Waals surface area (Å²) in [6.07, 6.45) is 3.48. The van der Waals surface area contributed by atoms with E-state index in [0.717, 1.165) is 0 Å². The zero-order chi connectivity index (χ0) is 15.9. The minimum Gasteiger partial charge on any atom is -0.571 e. The van der Waals surface area contributed by atoms with E-state index in [2.05, 4.69) is 4.74 Å². The van der Waals surface area contributed by atoms with E-state index >= 15 is 0 Å². The van der Waals surface area contributed by atoms with E-state index < -0.39 is 6.10 Å². The van der Waals surface area contributed by atoms with Gasteiger partial charge in [0.2, 0.25) is 11.9 Å². The number of hydrogen-bond acceptors (Lipinski definition) is 5. The van der Waals surface area contributed by atoms with Gasteiger partial charge in [0.25, 0.3) is 0 Å². The molecule has 6 heteroatoms. The number of allylic oxidation sites excluding steroid dienone is 2. The molecule has 3 rings (SSSR count). The standard InChI is InChI=1S/C16H14O6/c1-21-15-4-8(2-3-11(15)18)16-13(20)7-10-12(19)5-9(17)6-14(10)22-16/h2-7,14,17-20H,1H3/p+1. The fraction of sp³-hybridized carbons (Fsp3) is 0.125. The average molecular weight is 303 g/mol. The molecular formula is C16H15O6+. The molecule has 1 heterocycles. The Kier molecular flexibility index (Phi) is 3.21. The van der Waals surface area contributed by atoms with Crippen LogP contribution >= 0.6 is 0 Å². The SMILES string of the molecule is COc1cc(C2=C(O)C=C3C(O)=CC(O)=CC3[OH+]2)ccc1O. The summed E-state index contributed by atoms with van der Waals surface area (Å²) in [6.45, 7) is 0. The average Bonchev–Trinajstić information content (AvgIpc) is 2.48. The van der Waals surface area contributed by atoms with Gasteiger partial charge in [-0.25, -0.2) is 0 Å². The molecule has 5 N–H and O–H groups in total. The number of aliphatic hydroxyl groups excluding tert-OH is 3. The van der Waals surface area contributed by atoms with Crippen molar-refractivity contribution < 1.29 is 29.9 Å². The lowest BCUT2D eigenvalue weighted by Crippen LogP contribution is -2.25. The zero-order valence-electron chi connectivity index (χ0n) is 11.7. The van der Waals surface area contributed by atoms with Crippen LogP contribution in [0.4, 0.5) is 0 Å². The molecule has 6 nitrogen and oxygen atoms in total. The largest absolute Gasteiger partial charge is 0.571 e. The number of fused-ring (bicyclic) bond motifs is 1. The molecule has 0 amide bonds. The molecule has 2 aliphatic rings. The molecule has 1 aliphatic heterocycles. The lowest BCUT2D eigenvalue weighted by Gasteiger charge is -2.24. The van der Waals surface area contributed by atoms with Crippen molar-refractivity contribution in [3.05, 3.63) is 64.8 Å². The van der Waals surface area contributed by atoms with Gasteiger partial charge in [-0.3, -0.25) is 0 Å². The highest BCUT2D eigenvalue weighted by Crippen LogP contribution is 2.35. The van der Waals surface area contributed by atoms with E-state index in [1.54, 1.807) is 12.1 Å². The maximum atomic E-state index is 10.2. The van der Waals surface area contributed by atoms with Gasteiger partial charge in [0, 0.05) is 18.2 Å².